The van der Waals surface area contributed by atoms with Gasteiger partial charge in [-0.15, -0.1) is 0 Å². The smallest absolute Gasteiger partial charge is 0.251 e. The van der Waals surface area contributed by atoms with Gasteiger partial charge in [-0.1, -0.05) is 0 Å². The molecule has 0 aromatic heterocycles. The van der Waals surface area contributed by atoms with Crippen LogP contribution in [0.25, 0.3) is 0 Å². The summed E-state index contributed by atoms with van der Waals surface area (Å²) in [7, 11) is -3.24. The summed E-state index contributed by atoms with van der Waals surface area (Å²) >= 11 is 0. The number of ether oxygens (including phenoxy) is 1. The molecule has 6 nitrogen and oxygen atoms in total. The van der Waals surface area contributed by atoms with Crippen molar-refractivity contribution in [2.45, 2.75) is 17.9 Å². The van der Waals surface area contributed by atoms with Gasteiger partial charge in [-0.25, -0.2) is 8.42 Å². The molecular formula is C15H22N2O4S. The lowest BCUT2D eigenvalue weighted by Crippen LogP contribution is -2.46. The number of hydrogen-bond donors (Lipinski definition) is 1. The first-order chi connectivity index (χ1) is 10.4. The average molecular weight is 326 g/mol. The van der Waals surface area contributed by atoms with Crippen molar-refractivity contribution in [1.82, 2.24) is 10.2 Å². The van der Waals surface area contributed by atoms with E-state index < -0.39 is 9.84 Å². The molecule has 1 aliphatic rings. The number of nitrogens with one attached hydrogen (secondary N) is 1. The number of nitrogens with zero attached hydrogens (tertiary/aromatic N) is 1. The third-order valence-corrected chi connectivity index (χ3v) is 4.69. The molecule has 0 radical (unpaired) electrons. The summed E-state index contributed by atoms with van der Waals surface area (Å²) in [5.41, 5.74) is 0.459. The predicted octanol–water partition coefficient (Wildman–Crippen LogP) is 0.541. The Morgan fingerprint density at radius 3 is 2.41 bits per heavy atom. The highest BCUT2D eigenvalue weighted by atomic mass is 32.2. The van der Waals surface area contributed by atoms with Crippen molar-refractivity contribution >= 4 is 15.7 Å². The number of amides is 1. The first-order valence-electron chi connectivity index (χ1n) is 7.27. The Morgan fingerprint density at radius 2 is 1.86 bits per heavy atom. The van der Waals surface area contributed by atoms with Crippen molar-refractivity contribution in [3.63, 3.8) is 0 Å². The fourth-order valence-corrected chi connectivity index (χ4v) is 3.01. The topological polar surface area (TPSA) is 75.7 Å². The van der Waals surface area contributed by atoms with Crippen LogP contribution in [0, 0.1) is 0 Å². The van der Waals surface area contributed by atoms with Gasteiger partial charge >= 0.3 is 0 Å². The highest BCUT2D eigenvalue weighted by Crippen LogP contribution is 2.10. The van der Waals surface area contributed by atoms with Gasteiger partial charge in [0.15, 0.2) is 9.84 Å². The minimum absolute atomic E-state index is 0.0141. The lowest BCUT2D eigenvalue weighted by atomic mass is 10.2. The zero-order valence-electron chi connectivity index (χ0n) is 12.9. The Hall–Kier alpha value is -1.44. The first kappa shape index (κ1) is 16.9. The molecule has 122 valence electrons. The molecule has 0 bridgehead atoms. The van der Waals surface area contributed by atoms with Gasteiger partial charge in [-0.2, -0.15) is 0 Å². The number of morpholine rings is 1. The SMILES string of the molecule is C[C@H](CN1CCOCC1)NC(=O)c1ccc(S(C)(=O)=O)cc1. The lowest BCUT2D eigenvalue weighted by Gasteiger charge is -2.29. The Balaban J connectivity index is 1.91. The maximum atomic E-state index is 12.2. The summed E-state index contributed by atoms with van der Waals surface area (Å²) in [5.74, 6) is -0.194. The van der Waals surface area contributed by atoms with Crippen molar-refractivity contribution in [2.75, 3.05) is 39.1 Å². The molecule has 1 aliphatic heterocycles. The second-order valence-electron chi connectivity index (χ2n) is 5.58. The van der Waals surface area contributed by atoms with E-state index in [1.165, 1.54) is 24.3 Å². The van der Waals surface area contributed by atoms with Gasteiger partial charge in [0.05, 0.1) is 18.1 Å². The minimum Gasteiger partial charge on any atom is -0.379 e. The summed E-state index contributed by atoms with van der Waals surface area (Å²) in [6.07, 6.45) is 1.15. The molecule has 22 heavy (non-hydrogen) atoms. The van der Waals surface area contributed by atoms with Crippen LogP contribution >= 0.6 is 0 Å². The van der Waals surface area contributed by atoms with Crippen molar-refractivity contribution in [3.05, 3.63) is 29.8 Å². The monoisotopic (exact) mass is 326 g/mol. The Morgan fingerprint density at radius 1 is 1.27 bits per heavy atom. The molecule has 0 unspecified atom stereocenters. The molecular weight excluding hydrogens is 304 g/mol. The van der Waals surface area contributed by atoms with Gasteiger partial charge in [0.25, 0.3) is 5.91 Å². The van der Waals surface area contributed by atoms with E-state index in [1.54, 1.807) is 0 Å². The largest absolute Gasteiger partial charge is 0.379 e. The van der Waals surface area contributed by atoms with Crippen molar-refractivity contribution < 1.29 is 17.9 Å². The van der Waals surface area contributed by atoms with Crippen LogP contribution in [0.5, 0.6) is 0 Å². The molecule has 1 amide bonds. The number of rotatable bonds is 5. The second-order valence-corrected chi connectivity index (χ2v) is 7.60. The van der Waals surface area contributed by atoms with Crippen LogP contribution in [-0.4, -0.2) is 64.4 Å². The lowest BCUT2D eigenvalue weighted by molar-refractivity contribution is 0.0342. The molecule has 7 heteroatoms. The number of carbonyl (C=O) groups is 1. The highest BCUT2D eigenvalue weighted by Gasteiger charge is 2.16. The summed E-state index contributed by atoms with van der Waals surface area (Å²) in [6.45, 7) is 5.95. The van der Waals surface area contributed by atoms with E-state index in [-0.39, 0.29) is 16.8 Å². The van der Waals surface area contributed by atoms with Crippen molar-refractivity contribution in [3.8, 4) is 0 Å². The summed E-state index contributed by atoms with van der Waals surface area (Å²) in [4.78, 5) is 14.6. The third-order valence-electron chi connectivity index (χ3n) is 3.56. The predicted molar refractivity (Wildman–Crippen MR) is 83.7 cm³/mol. The van der Waals surface area contributed by atoms with E-state index in [9.17, 15) is 13.2 Å². The molecule has 1 saturated heterocycles. The molecule has 1 fully saturated rings. The minimum atomic E-state index is -3.24. The van der Waals surface area contributed by atoms with E-state index in [0.717, 1.165) is 39.1 Å². The number of carbonyl (C=O) groups excluding carboxylic acids is 1. The van der Waals surface area contributed by atoms with Crippen LogP contribution in [0.2, 0.25) is 0 Å². The van der Waals surface area contributed by atoms with Gasteiger partial charge in [0, 0.05) is 37.5 Å². The van der Waals surface area contributed by atoms with E-state index >= 15 is 0 Å². The van der Waals surface area contributed by atoms with E-state index in [4.69, 9.17) is 4.74 Å². The standard InChI is InChI=1S/C15H22N2O4S/c1-12(11-17-7-9-21-10-8-17)16-15(18)13-3-5-14(6-4-13)22(2,19)20/h3-6,12H,7-11H2,1-2H3,(H,16,18)/t12-/m1/s1. The number of benzene rings is 1. The average Bonchev–Trinajstić information content (AvgIpc) is 2.47. The van der Waals surface area contributed by atoms with Crippen LogP contribution in [0.4, 0.5) is 0 Å². The zero-order chi connectivity index (χ0) is 16.2. The van der Waals surface area contributed by atoms with Crippen LogP contribution in [0.3, 0.4) is 0 Å². The highest BCUT2D eigenvalue weighted by molar-refractivity contribution is 7.90. The van der Waals surface area contributed by atoms with Gasteiger partial charge in [-0.05, 0) is 31.2 Å². The quantitative estimate of drug-likeness (QED) is 0.855. The van der Waals surface area contributed by atoms with Gasteiger partial charge in [0.2, 0.25) is 0 Å². The maximum Gasteiger partial charge on any atom is 0.251 e. The maximum absolute atomic E-state index is 12.2. The second kappa shape index (κ2) is 7.21. The van der Waals surface area contributed by atoms with Crippen LogP contribution in [0.1, 0.15) is 17.3 Å². The van der Waals surface area contributed by atoms with Crippen molar-refractivity contribution in [1.29, 1.82) is 0 Å². The van der Waals surface area contributed by atoms with E-state index in [1.807, 2.05) is 6.92 Å². The fraction of sp³-hybridized carbons (Fsp3) is 0.533. The third kappa shape index (κ3) is 4.79. The van der Waals surface area contributed by atoms with Gasteiger partial charge < -0.3 is 10.1 Å². The fourth-order valence-electron chi connectivity index (χ4n) is 2.38. The van der Waals surface area contributed by atoms with Crippen LogP contribution < -0.4 is 5.32 Å². The Kier molecular flexibility index (Phi) is 5.55. The molecule has 1 aromatic carbocycles. The van der Waals surface area contributed by atoms with E-state index in [2.05, 4.69) is 10.2 Å². The first-order valence-corrected chi connectivity index (χ1v) is 9.16. The number of hydrogen-bond acceptors (Lipinski definition) is 5. The van der Waals surface area contributed by atoms with E-state index in [0.29, 0.717) is 5.56 Å². The summed E-state index contributed by atoms with van der Waals surface area (Å²) in [5, 5.41) is 2.93. The van der Waals surface area contributed by atoms with Crippen LogP contribution in [-0.2, 0) is 14.6 Å². The van der Waals surface area contributed by atoms with Crippen molar-refractivity contribution in [2.24, 2.45) is 0 Å². The Bertz CT molecular complexity index is 607. The zero-order valence-corrected chi connectivity index (χ0v) is 13.7. The van der Waals surface area contributed by atoms with Crippen LogP contribution in [0.15, 0.2) is 29.2 Å². The Labute approximate surface area is 131 Å². The normalized spacial score (nSPS) is 17.9. The molecule has 1 aromatic rings. The molecule has 2 rings (SSSR count). The summed E-state index contributed by atoms with van der Waals surface area (Å²) in [6, 6.07) is 5.99. The molecule has 0 saturated carbocycles. The molecule has 1 N–H and O–H groups in total. The van der Waals surface area contributed by atoms with Gasteiger partial charge in [-0.3, -0.25) is 9.69 Å². The summed E-state index contributed by atoms with van der Waals surface area (Å²) < 4.78 is 28.1. The molecule has 0 aliphatic carbocycles. The van der Waals surface area contributed by atoms with Gasteiger partial charge in [0.1, 0.15) is 0 Å². The molecule has 1 heterocycles. The molecule has 0 spiro atoms. The number of sulfone groups is 1. The molecule has 1 atom stereocenters.